The first kappa shape index (κ1) is 18.3. The van der Waals surface area contributed by atoms with Crippen LogP contribution in [-0.2, 0) is 11.2 Å². The van der Waals surface area contributed by atoms with E-state index in [2.05, 4.69) is 16.0 Å². The maximum absolute atomic E-state index is 11.9. The Morgan fingerprint density at radius 3 is 2.56 bits per heavy atom. The minimum Gasteiger partial charge on any atom is -0.484 e. The predicted octanol–water partition coefficient (Wildman–Crippen LogP) is 2.57. The number of benzene rings is 2. The van der Waals surface area contributed by atoms with Crippen LogP contribution >= 0.6 is 0 Å². The summed E-state index contributed by atoms with van der Waals surface area (Å²) in [6.07, 6.45) is 0.768. The summed E-state index contributed by atoms with van der Waals surface area (Å²) in [5.41, 5.74) is 1.77. The molecule has 0 fully saturated rings. The molecule has 0 radical (unpaired) electrons. The molecule has 0 bridgehead atoms. The van der Waals surface area contributed by atoms with Gasteiger partial charge in [-0.1, -0.05) is 36.4 Å². The first-order valence-electron chi connectivity index (χ1n) is 8.25. The minimum atomic E-state index is -0.281. The largest absolute Gasteiger partial charge is 0.484 e. The Kier molecular flexibility index (Phi) is 7.31. The van der Waals surface area contributed by atoms with Crippen LogP contribution in [-0.4, -0.2) is 31.6 Å². The van der Waals surface area contributed by atoms with E-state index in [9.17, 15) is 9.59 Å². The lowest BCUT2D eigenvalue weighted by Gasteiger charge is -2.10. The van der Waals surface area contributed by atoms with Gasteiger partial charge in [-0.25, -0.2) is 4.79 Å². The number of likely N-dealkylation sites (N-methyl/N-ethyl adjacent to an activating group) is 1. The molecule has 2 aromatic carbocycles. The van der Waals surface area contributed by atoms with Gasteiger partial charge in [0.05, 0.1) is 0 Å². The Labute approximate surface area is 147 Å². The average molecular weight is 341 g/mol. The third-order valence-corrected chi connectivity index (χ3v) is 3.38. The number of ether oxygens (including phenoxy) is 1. The van der Waals surface area contributed by atoms with E-state index in [1.807, 2.05) is 37.3 Å². The molecule has 0 aromatic heterocycles. The summed E-state index contributed by atoms with van der Waals surface area (Å²) in [7, 11) is 0. The molecule has 3 amide bonds. The molecule has 3 N–H and O–H groups in total. The lowest BCUT2D eigenvalue weighted by atomic mass is 10.1. The molecule has 2 rings (SSSR count). The SMILES string of the molecule is CCNC(=O)COc1cccc(NC(=O)NCCc2ccccc2)c1. The van der Waals surface area contributed by atoms with E-state index in [1.165, 1.54) is 5.56 Å². The molecule has 0 aliphatic carbocycles. The van der Waals surface area contributed by atoms with E-state index < -0.39 is 0 Å². The zero-order valence-electron chi connectivity index (χ0n) is 14.2. The number of anilines is 1. The van der Waals surface area contributed by atoms with Crippen LogP contribution in [0.1, 0.15) is 12.5 Å². The summed E-state index contributed by atoms with van der Waals surface area (Å²) in [5, 5.41) is 8.22. The van der Waals surface area contributed by atoms with Gasteiger partial charge < -0.3 is 20.7 Å². The molecule has 0 aliphatic rings. The van der Waals surface area contributed by atoms with E-state index in [1.54, 1.807) is 24.3 Å². The monoisotopic (exact) mass is 341 g/mol. The average Bonchev–Trinajstić information content (AvgIpc) is 2.61. The fourth-order valence-corrected chi connectivity index (χ4v) is 2.20. The molecule has 0 spiro atoms. The van der Waals surface area contributed by atoms with Gasteiger partial charge >= 0.3 is 6.03 Å². The van der Waals surface area contributed by atoms with Crippen LogP contribution in [0.3, 0.4) is 0 Å². The zero-order chi connectivity index (χ0) is 17.9. The van der Waals surface area contributed by atoms with Gasteiger partial charge in [0.2, 0.25) is 0 Å². The molecule has 6 nitrogen and oxygen atoms in total. The summed E-state index contributed by atoms with van der Waals surface area (Å²) in [4.78, 5) is 23.3. The van der Waals surface area contributed by atoms with Crippen LogP contribution in [0, 0.1) is 0 Å². The highest BCUT2D eigenvalue weighted by Gasteiger charge is 2.04. The topological polar surface area (TPSA) is 79.5 Å². The maximum Gasteiger partial charge on any atom is 0.319 e. The fraction of sp³-hybridized carbons (Fsp3) is 0.263. The third kappa shape index (κ3) is 6.95. The second-order valence-corrected chi connectivity index (χ2v) is 5.39. The van der Waals surface area contributed by atoms with Crippen LogP contribution in [0.15, 0.2) is 54.6 Å². The highest BCUT2D eigenvalue weighted by molar-refractivity contribution is 5.89. The van der Waals surface area contributed by atoms with E-state index in [4.69, 9.17) is 4.74 Å². The molecular weight excluding hydrogens is 318 g/mol. The molecule has 0 aliphatic heterocycles. The van der Waals surface area contributed by atoms with Crippen molar-refractivity contribution in [1.29, 1.82) is 0 Å². The number of carbonyl (C=O) groups is 2. The van der Waals surface area contributed by atoms with Gasteiger partial charge in [-0.3, -0.25) is 4.79 Å². The van der Waals surface area contributed by atoms with Crippen LogP contribution in [0.25, 0.3) is 0 Å². The fourth-order valence-electron chi connectivity index (χ4n) is 2.20. The van der Waals surface area contributed by atoms with Crippen LogP contribution in [0.4, 0.5) is 10.5 Å². The quantitative estimate of drug-likeness (QED) is 0.690. The summed E-state index contributed by atoms with van der Waals surface area (Å²) in [5.74, 6) is 0.341. The Morgan fingerprint density at radius 2 is 1.80 bits per heavy atom. The molecule has 0 heterocycles. The lowest BCUT2D eigenvalue weighted by Crippen LogP contribution is -2.30. The van der Waals surface area contributed by atoms with Crippen molar-refractivity contribution in [2.75, 3.05) is 25.0 Å². The van der Waals surface area contributed by atoms with Gasteiger partial charge in [0.25, 0.3) is 5.91 Å². The van der Waals surface area contributed by atoms with Gasteiger partial charge in [-0.05, 0) is 31.0 Å². The number of rotatable bonds is 8. The Balaban J connectivity index is 1.76. The zero-order valence-corrected chi connectivity index (χ0v) is 14.2. The Bertz CT molecular complexity index is 689. The number of hydrogen-bond donors (Lipinski definition) is 3. The van der Waals surface area contributed by atoms with Gasteiger partial charge in [-0.15, -0.1) is 0 Å². The molecule has 25 heavy (non-hydrogen) atoms. The van der Waals surface area contributed by atoms with Crippen molar-refractivity contribution in [3.05, 3.63) is 60.2 Å². The molecule has 6 heteroatoms. The van der Waals surface area contributed by atoms with Crippen molar-refractivity contribution in [2.24, 2.45) is 0 Å². The smallest absolute Gasteiger partial charge is 0.319 e. The molecule has 0 unspecified atom stereocenters. The molecule has 2 aromatic rings. The first-order chi connectivity index (χ1) is 12.2. The second-order valence-electron chi connectivity index (χ2n) is 5.39. The van der Waals surface area contributed by atoms with Crippen LogP contribution < -0.4 is 20.7 Å². The molecule has 0 atom stereocenters. The molecular formula is C19H23N3O3. The van der Waals surface area contributed by atoms with E-state index >= 15 is 0 Å². The van der Waals surface area contributed by atoms with Crippen LogP contribution in [0.2, 0.25) is 0 Å². The van der Waals surface area contributed by atoms with Gasteiger partial charge in [0.15, 0.2) is 6.61 Å². The predicted molar refractivity (Wildman–Crippen MR) is 97.8 cm³/mol. The number of nitrogens with one attached hydrogen (secondary N) is 3. The third-order valence-electron chi connectivity index (χ3n) is 3.38. The number of carbonyl (C=O) groups excluding carboxylic acids is 2. The Hall–Kier alpha value is -3.02. The van der Waals surface area contributed by atoms with Crippen molar-refractivity contribution in [1.82, 2.24) is 10.6 Å². The van der Waals surface area contributed by atoms with E-state index in [-0.39, 0.29) is 18.5 Å². The van der Waals surface area contributed by atoms with E-state index in [0.717, 1.165) is 6.42 Å². The molecule has 0 saturated carbocycles. The highest BCUT2D eigenvalue weighted by atomic mass is 16.5. The number of urea groups is 1. The maximum atomic E-state index is 11.9. The summed E-state index contributed by atoms with van der Waals surface area (Å²) in [6.45, 7) is 2.90. The van der Waals surface area contributed by atoms with Crippen molar-refractivity contribution in [3.63, 3.8) is 0 Å². The molecule has 132 valence electrons. The standard InChI is InChI=1S/C19H23N3O3/c1-2-20-18(23)14-25-17-10-6-9-16(13-17)22-19(24)21-12-11-15-7-4-3-5-8-15/h3-10,13H,2,11-12,14H2,1H3,(H,20,23)(H2,21,22,24). The lowest BCUT2D eigenvalue weighted by molar-refractivity contribution is -0.122. The van der Waals surface area contributed by atoms with Gasteiger partial charge in [0, 0.05) is 24.8 Å². The molecule has 0 saturated heterocycles. The minimum absolute atomic E-state index is 0.0550. The van der Waals surface area contributed by atoms with Gasteiger partial charge in [-0.2, -0.15) is 0 Å². The normalized spacial score (nSPS) is 9.96. The summed E-state index contributed by atoms with van der Waals surface area (Å²) < 4.78 is 5.40. The second kappa shape index (κ2) is 9.97. The Morgan fingerprint density at radius 1 is 1.00 bits per heavy atom. The van der Waals surface area contributed by atoms with Gasteiger partial charge in [0.1, 0.15) is 5.75 Å². The number of hydrogen-bond acceptors (Lipinski definition) is 3. The van der Waals surface area contributed by atoms with Crippen LogP contribution in [0.5, 0.6) is 5.75 Å². The summed E-state index contributed by atoms with van der Waals surface area (Å²) >= 11 is 0. The van der Waals surface area contributed by atoms with Crippen molar-refractivity contribution in [2.45, 2.75) is 13.3 Å². The number of amides is 3. The van der Waals surface area contributed by atoms with Crippen molar-refractivity contribution in [3.8, 4) is 5.75 Å². The first-order valence-corrected chi connectivity index (χ1v) is 8.25. The van der Waals surface area contributed by atoms with Crippen molar-refractivity contribution >= 4 is 17.6 Å². The summed E-state index contributed by atoms with van der Waals surface area (Å²) in [6, 6.07) is 16.6. The van der Waals surface area contributed by atoms with E-state index in [0.29, 0.717) is 24.5 Å². The van der Waals surface area contributed by atoms with Crippen molar-refractivity contribution < 1.29 is 14.3 Å². The highest BCUT2D eigenvalue weighted by Crippen LogP contribution is 2.17.